The molecule has 1 aromatic carbocycles. The number of benzene rings is 1. The van der Waals surface area contributed by atoms with Gasteiger partial charge in [-0.3, -0.25) is 4.79 Å². The molecular formula is C14H16N4O3S. The second kappa shape index (κ2) is 5.54. The molecule has 0 bridgehead atoms. The Labute approximate surface area is 128 Å². The second-order valence-electron chi connectivity index (χ2n) is 5.34. The quantitative estimate of drug-likeness (QED) is 0.887. The Kier molecular flexibility index (Phi) is 3.71. The van der Waals surface area contributed by atoms with Gasteiger partial charge in [-0.2, -0.15) is 5.10 Å². The molecule has 2 aromatic rings. The number of aromatic nitrogens is 2. The van der Waals surface area contributed by atoms with Crippen molar-refractivity contribution in [1.29, 1.82) is 0 Å². The van der Waals surface area contributed by atoms with E-state index in [9.17, 15) is 13.2 Å². The molecule has 3 rings (SSSR count). The fourth-order valence-corrected chi connectivity index (χ4v) is 3.63. The normalized spacial score (nSPS) is 18.9. The average Bonchev–Trinajstić information content (AvgIpc) is 3.07. The number of rotatable bonds is 4. The number of carbonyl (C=O) groups excluding carboxylic acids is 1. The van der Waals surface area contributed by atoms with Crippen molar-refractivity contribution >= 4 is 21.6 Å². The molecule has 0 radical (unpaired) electrons. The minimum absolute atomic E-state index is 0.103. The van der Waals surface area contributed by atoms with Crippen LogP contribution in [0.4, 0.5) is 5.69 Å². The van der Waals surface area contributed by atoms with Crippen LogP contribution < -0.4 is 10.0 Å². The molecule has 1 aliphatic heterocycles. The molecule has 2 heterocycles. The number of nitrogens with two attached hydrogens (primary N) is 1. The first-order chi connectivity index (χ1) is 10.4. The van der Waals surface area contributed by atoms with Crippen LogP contribution in [-0.2, 0) is 14.8 Å². The molecule has 1 atom stereocenters. The Hall–Kier alpha value is -2.19. The highest BCUT2D eigenvalue weighted by Crippen LogP contribution is 2.30. The minimum Gasteiger partial charge on any atom is -0.310 e. The smallest absolute Gasteiger partial charge is 0.227 e. The first-order valence-electron chi connectivity index (χ1n) is 6.84. The monoisotopic (exact) mass is 320 g/mol. The number of nitrogens with zero attached hydrogens (tertiary/aromatic N) is 3. The van der Waals surface area contributed by atoms with Gasteiger partial charge in [0.15, 0.2) is 0 Å². The van der Waals surface area contributed by atoms with Gasteiger partial charge >= 0.3 is 0 Å². The Balaban J connectivity index is 1.91. The standard InChI is InChI=1S/C14H16N4O3S/c15-22(20,21)10-11-8-14(19)17(9-11)12-4-1-2-5-13(12)18-7-3-6-16-18/h1-7,11H,8-10H2,(H2,15,20,21). The van der Waals surface area contributed by atoms with Gasteiger partial charge in [0.25, 0.3) is 0 Å². The van der Waals surface area contributed by atoms with Gasteiger partial charge in [0.2, 0.25) is 15.9 Å². The summed E-state index contributed by atoms with van der Waals surface area (Å²) >= 11 is 0. The van der Waals surface area contributed by atoms with Crippen molar-refractivity contribution in [3.8, 4) is 5.69 Å². The highest BCUT2D eigenvalue weighted by Gasteiger charge is 2.33. The van der Waals surface area contributed by atoms with Crippen LogP contribution in [0.25, 0.3) is 5.69 Å². The van der Waals surface area contributed by atoms with Gasteiger partial charge < -0.3 is 4.90 Å². The fraction of sp³-hybridized carbons (Fsp3) is 0.286. The maximum atomic E-state index is 12.3. The van der Waals surface area contributed by atoms with Crippen LogP contribution in [0.3, 0.4) is 0 Å². The SMILES string of the molecule is NS(=O)(=O)CC1CC(=O)N(c2ccccc2-n2cccn2)C1. The van der Waals surface area contributed by atoms with Crippen molar-refractivity contribution in [1.82, 2.24) is 9.78 Å². The number of para-hydroxylation sites is 2. The summed E-state index contributed by atoms with van der Waals surface area (Å²) in [5, 5.41) is 9.27. The van der Waals surface area contributed by atoms with Crippen molar-refractivity contribution in [2.24, 2.45) is 11.1 Å². The van der Waals surface area contributed by atoms with Crippen molar-refractivity contribution < 1.29 is 13.2 Å². The molecule has 1 unspecified atom stereocenters. The Bertz CT molecular complexity index is 786. The molecule has 116 valence electrons. The van der Waals surface area contributed by atoms with E-state index in [4.69, 9.17) is 5.14 Å². The van der Waals surface area contributed by atoms with E-state index in [-0.39, 0.29) is 24.0 Å². The van der Waals surface area contributed by atoms with E-state index in [0.717, 1.165) is 5.69 Å². The molecule has 0 saturated carbocycles. The van der Waals surface area contributed by atoms with E-state index in [0.29, 0.717) is 12.2 Å². The van der Waals surface area contributed by atoms with Gasteiger partial charge in [-0.05, 0) is 18.2 Å². The maximum absolute atomic E-state index is 12.3. The Morgan fingerprint density at radius 2 is 1.95 bits per heavy atom. The van der Waals surface area contributed by atoms with Gasteiger partial charge in [0.1, 0.15) is 0 Å². The third-order valence-electron chi connectivity index (χ3n) is 3.60. The summed E-state index contributed by atoms with van der Waals surface area (Å²) in [7, 11) is -3.59. The molecule has 1 saturated heterocycles. The van der Waals surface area contributed by atoms with E-state index >= 15 is 0 Å². The van der Waals surface area contributed by atoms with E-state index in [1.54, 1.807) is 28.0 Å². The first kappa shape index (κ1) is 14.7. The number of primary sulfonamides is 1. The van der Waals surface area contributed by atoms with Crippen molar-refractivity contribution in [3.05, 3.63) is 42.7 Å². The third-order valence-corrected chi connectivity index (χ3v) is 4.53. The van der Waals surface area contributed by atoms with Gasteiger partial charge in [0.05, 0.1) is 17.1 Å². The number of sulfonamides is 1. The first-order valence-corrected chi connectivity index (χ1v) is 8.55. The Morgan fingerprint density at radius 3 is 2.59 bits per heavy atom. The topological polar surface area (TPSA) is 98.3 Å². The highest BCUT2D eigenvalue weighted by molar-refractivity contribution is 7.89. The Morgan fingerprint density at radius 1 is 1.23 bits per heavy atom. The summed E-state index contributed by atoms with van der Waals surface area (Å²) in [6.07, 6.45) is 3.64. The molecular weight excluding hydrogens is 304 g/mol. The van der Waals surface area contributed by atoms with Crippen LogP contribution in [0.1, 0.15) is 6.42 Å². The predicted octanol–water partition coefficient (Wildman–Crippen LogP) is 0.514. The van der Waals surface area contributed by atoms with Crippen LogP contribution >= 0.6 is 0 Å². The molecule has 1 fully saturated rings. The van der Waals surface area contributed by atoms with Gasteiger partial charge in [-0.15, -0.1) is 0 Å². The fourth-order valence-electron chi connectivity index (χ4n) is 2.75. The minimum atomic E-state index is -3.59. The molecule has 2 N–H and O–H groups in total. The number of hydrogen-bond donors (Lipinski definition) is 1. The summed E-state index contributed by atoms with van der Waals surface area (Å²) in [6.45, 7) is 0.341. The lowest BCUT2D eigenvalue weighted by atomic mass is 10.1. The maximum Gasteiger partial charge on any atom is 0.227 e. The number of anilines is 1. The number of hydrogen-bond acceptors (Lipinski definition) is 4. The third kappa shape index (κ3) is 3.02. The van der Waals surface area contributed by atoms with Crippen molar-refractivity contribution in [3.63, 3.8) is 0 Å². The summed E-state index contributed by atoms with van der Waals surface area (Å²) in [5.74, 6) is -0.569. The lowest BCUT2D eigenvalue weighted by molar-refractivity contribution is -0.117. The van der Waals surface area contributed by atoms with E-state index in [2.05, 4.69) is 5.10 Å². The predicted molar refractivity (Wildman–Crippen MR) is 82.0 cm³/mol. The van der Waals surface area contributed by atoms with E-state index in [1.807, 2.05) is 24.3 Å². The lowest BCUT2D eigenvalue weighted by Gasteiger charge is -2.20. The lowest BCUT2D eigenvalue weighted by Crippen LogP contribution is -2.28. The summed E-state index contributed by atoms with van der Waals surface area (Å²) < 4.78 is 24.1. The molecule has 0 spiro atoms. The number of amides is 1. The number of carbonyl (C=O) groups is 1. The molecule has 22 heavy (non-hydrogen) atoms. The van der Waals surface area contributed by atoms with Crippen LogP contribution in [0.2, 0.25) is 0 Å². The van der Waals surface area contributed by atoms with Crippen molar-refractivity contribution in [2.75, 3.05) is 17.2 Å². The average molecular weight is 320 g/mol. The van der Waals surface area contributed by atoms with Gasteiger partial charge in [-0.1, -0.05) is 12.1 Å². The molecule has 8 heteroatoms. The molecule has 1 amide bonds. The van der Waals surface area contributed by atoms with Gasteiger partial charge in [-0.25, -0.2) is 18.2 Å². The second-order valence-corrected chi connectivity index (χ2v) is 7.00. The van der Waals surface area contributed by atoms with Crippen LogP contribution in [0, 0.1) is 5.92 Å². The zero-order valence-corrected chi connectivity index (χ0v) is 12.6. The van der Waals surface area contributed by atoms with Crippen LogP contribution in [-0.4, -0.2) is 36.4 Å². The van der Waals surface area contributed by atoms with Crippen LogP contribution in [0.5, 0.6) is 0 Å². The van der Waals surface area contributed by atoms with Crippen LogP contribution in [0.15, 0.2) is 42.7 Å². The molecule has 0 aliphatic carbocycles. The summed E-state index contributed by atoms with van der Waals surface area (Å²) in [6, 6.07) is 9.19. The summed E-state index contributed by atoms with van der Waals surface area (Å²) in [4.78, 5) is 13.9. The van der Waals surface area contributed by atoms with E-state index in [1.165, 1.54) is 0 Å². The molecule has 7 nitrogen and oxygen atoms in total. The van der Waals surface area contributed by atoms with Gasteiger partial charge in [0, 0.05) is 31.3 Å². The molecule has 1 aliphatic rings. The summed E-state index contributed by atoms with van der Waals surface area (Å²) in [5.41, 5.74) is 1.49. The van der Waals surface area contributed by atoms with Crippen molar-refractivity contribution in [2.45, 2.75) is 6.42 Å². The molecule has 1 aromatic heterocycles. The zero-order valence-electron chi connectivity index (χ0n) is 11.8. The highest BCUT2D eigenvalue weighted by atomic mass is 32.2. The zero-order chi connectivity index (χ0) is 15.7. The largest absolute Gasteiger partial charge is 0.310 e. The van der Waals surface area contributed by atoms with E-state index < -0.39 is 10.0 Å².